The van der Waals surface area contributed by atoms with Gasteiger partial charge in [-0.05, 0) is 62.9 Å². The first-order valence-electron chi connectivity index (χ1n) is 10.3. The van der Waals surface area contributed by atoms with Crippen LogP contribution in [-0.2, 0) is 21.2 Å². The van der Waals surface area contributed by atoms with Crippen LogP contribution in [0.1, 0.15) is 39.2 Å². The Morgan fingerprint density at radius 2 is 1.80 bits per heavy atom. The number of sulfonamides is 1. The van der Waals surface area contributed by atoms with Crippen LogP contribution in [0.5, 0.6) is 5.75 Å². The highest BCUT2D eigenvalue weighted by molar-refractivity contribution is 7.92. The first-order valence-corrected chi connectivity index (χ1v) is 12.1. The van der Waals surface area contributed by atoms with Crippen LogP contribution in [0.2, 0.25) is 0 Å². The molecule has 0 aliphatic carbocycles. The Hall–Kier alpha value is -2.54. The average molecular weight is 433 g/mol. The SMILES string of the molecule is CCC(C(=O)NCCCc1cccc(OC(C)C)c1)N(c1ccccc1)S(C)(=O)=O. The maximum atomic E-state index is 12.8. The Morgan fingerprint density at radius 3 is 2.40 bits per heavy atom. The molecule has 1 N–H and O–H groups in total. The number of ether oxygens (including phenoxy) is 1. The fourth-order valence-electron chi connectivity index (χ4n) is 3.30. The zero-order chi connectivity index (χ0) is 22.1. The lowest BCUT2D eigenvalue weighted by Gasteiger charge is -2.30. The highest BCUT2D eigenvalue weighted by atomic mass is 32.2. The van der Waals surface area contributed by atoms with Gasteiger partial charge in [0.25, 0.3) is 0 Å². The summed E-state index contributed by atoms with van der Waals surface area (Å²) < 4.78 is 31.7. The number of rotatable bonds is 11. The van der Waals surface area contributed by atoms with Crippen LogP contribution >= 0.6 is 0 Å². The molecular formula is C23H32N2O4S. The summed E-state index contributed by atoms with van der Waals surface area (Å²) in [6.07, 6.45) is 3.16. The molecule has 2 aromatic rings. The second-order valence-corrected chi connectivity index (χ2v) is 9.39. The number of anilines is 1. The van der Waals surface area contributed by atoms with E-state index in [1.807, 2.05) is 51.1 Å². The number of hydrogen-bond acceptors (Lipinski definition) is 4. The molecular weight excluding hydrogens is 400 g/mol. The van der Waals surface area contributed by atoms with Crippen LogP contribution in [0, 0.1) is 0 Å². The van der Waals surface area contributed by atoms with Crippen molar-refractivity contribution >= 4 is 21.6 Å². The van der Waals surface area contributed by atoms with Crippen molar-refractivity contribution in [2.24, 2.45) is 0 Å². The lowest BCUT2D eigenvalue weighted by molar-refractivity contribution is -0.122. The summed E-state index contributed by atoms with van der Waals surface area (Å²) in [6, 6.07) is 15.9. The van der Waals surface area contributed by atoms with Crippen LogP contribution in [-0.4, -0.2) is 39.3 Å². The first-order chi connectivity index (χ1) is 14.2. The molecule has 0 fully saturated rings. The number of carbonyl (C=O) groups excluding carboxylic acids is 1. The third-order valence-electron chi connectivity index (χ3n) is 4.55. The van der Waals surface area contributed by atoms with Crippen LogP contribution in [0.25, 0.3) is 0 Å². The van der Waals surface area contributed by atoms with Gasteiger partial charge in [-0.1, -0.05) is 37.3 Å². The fraction of sp³-hybridized carbons (Fsp3) is 0.435. The van der Waals surface area contributed by atoms with Gasteiger partial charge in [0.05, 0.1) is 18.0 Å². The molecule has 0 radical (unpaired) electrons. The Balaban J connectivity index is 1.97. The van der Waals surface area contributed by atoms with Gasteiger partial charge < -0.3 is 10.1 Å². The minimum atomic E-state index is -3.60. The van der Waals surface area contributed by atoms with Gasteiger partial charge in [-0.3, -0.25) is 9.10 Å². The molecule has 0 aliphatic rings. The zero-order valence-corrected chi connectivity index (χ0v) is 19.0. The van der Waals surface area contributed by atoms with E-state index in [1.165, 1.54) is 4.31 Å². The number of aryl methyl sites for hydroxylation is 1. The molecule has 1 amide bonds. The highest BCUT2D eigenvalue weighted by Gasteiger charge is 2.31. The Bertz CT molecular complexity index is 914. The van der Waals surface area contributed by atoms with Gasteiger partial charge in [-0.2, -0.15) is 0 Å². The van der Waals surface area contributed by atoms with E-state index in [2.05, 4.69) is 5.32 Å². The van der Waals surface area contributed by atoms with Crippen LogP contribution < -0.4 is 14.4 Å². The number of carbonyl (C=O) groups is 1. The van der Waals surface area contributed by atoms with Crippen LogP contribution in [0.4, 0.5) is 5.69 Å². The van der Waals surface area contributed by atoms with Crippen molar-refractivity contribution in [1.82, 2.24) is 5.32 Å². The summed E-state index contributed by atoms with van der Waals surface area (Å²) in [5.74, 6) is 0.549. The monoisotopic (exact) mass is 432 g/mol. The lowest BCUT2D eigenvalue weighted by Crippen LogP contribution is -2.49. The number of benzene rings is 2. The molecule has 0 saturated carbocycles. The Kier molecular flexibility index (Phi) is 8.72. The van der Waals surface area contributed by atoms with E-state index in [9.17, 15) is 13.2 Å². The van der Waals surface area contributed by atoms with Gasteiger partial charge in [0.2, 0.25) is 15.9 Å². The predicted molar refractivity (Wildman–Crippen MR) is 121 cm³/mol. The normalized spacial score (nSPS) is 12.4. The fourth-order valence-corrected chi connectivity index (χ4v) is 4.52. The summed E-state index contributed by atoms with van der Waals surface area (Å²) >= 11 is 0. The smallest absolute Gasteiger partial charge is 0.243 e. The number of para-hydroxylation sites is 1. The Morgan fingerprint density at radius 1 is 1.10 bits per heavy atom. The summed E-state index contributed by atoms with van der Waals surface area (Å²) in [5, 5.41) is 2.90. The van der Waals surface area contributed by atoms with E-state index in [0.29, 0.717) is 18.7 Å². The molecule has 0 bridgehead atoms. The topological polar surface area (TPSA) is 75.7 Å². The number of amides is 1. The van der Waals surface area contributed by atoms with E-state index in [4.69, 9.17) is 4.74 Å². The lowest BCUT2D eigenvalue weighted by atomic mass is 10.1. The molecule has 2 rings (SSSR count). The van der Waals surface area contributed by atoms with Crippen LogP contribution in [0.15, 0.2) is 54.6 Å². The summed E-state index contributed by atoms with van der Waals surface area (Å²) in [5.41, 5.74) is 1.63. The van der Waals surface area contributed by atoms with E-state index < -0.39 is 16.1 Å². The maximum absolute atomic E-state index is 12.8. The largest absolute Gasteiger partial charge is 0.491 e. The molecule has 0 spiro atoms. The molecule has 2 aromatic carbocycles. The van der Waals surface area contributed by atoms with Gasteiger partial charge in [0.1, 0.15) is 11.8 Å². The second-order valence-electron chi connectivity index (χ2n) is 7.53. The van der Waals surface area contributed by atoms with Gasteiger partial charge >= 0.3 is 0 Å². The minimum absolute atomic E-state index is 0.118. The molecule has 0 saturated heterocycles. The second kappa shape index (κ2) is 11.0. The maximum Gasteiger partial charge on any atom is 0.243 e. The summed E-state index contributed by atoms with van der Waals surface area (Å²) in [7, 11) is -3.60. The van der Waals surface area contributed by atoms with Crippen LogP contribution in [0.3, 0.4) is 0 Å². The molecule has 0 heterocycles. The van der Waals surface area contributed by atoms with Crippen molar-refractivity contribution < 1.29 is 17.9 Å². The van der Waals surface area contributed by atoms with E-state index in [-0.39, 0.29) is 12.0 Å². The molecule has 1 unspecified atom stereocenters. The quantitative estimate of drug-likeness (QED) is 0.549. The molecule has 30 heavy (non-hydrogen) atoms. The molecule has 6 nitrogen and oxygen atoms in total. The molecule has 0 aliphatic heterocycles. The van der Waals surface area contributed by atoms with Crippen molar-refractivity contribution in [3.8, 4) is 5.75 Å². The summed E-state index contributed by atoms with van der Waals surface area (Å²) in [4.78, 5) is 12.8. The Labute approximate surface area is 180 Å². The standard InChI is InChI=1S/C23H32N2O4S/c1-5-22(25(30(4,27)28)20-13-7-6-8-14-20)23(26)24-16-10-12-19-11-9-15-21(17-19)29-18(2)3/h6-9,11,13-15,17-18,22H,5,10,12,16H2,1-4H3,(H,24,26). The van der Waals surface area contributed by atoms with E-state index in [1.54, 1.807) is 24.3 Å². The van der Waals surface area contributed by atoms with Gasteiger partial charge in [0.15, 0.2) is 0 Å². The number of nitrogens with zero attached hydrogens (tertiary/aromatic N) is 1. The van der Waals surface area contributed by atoms with Crippen molar-refractivity contribution in [3.63, 3.8) is 0 Å². The van der Waals surface area contributed by atoms with E-state index >= 15 is 0 Å². The average Bonchev–Trinajstić information content (AvgIpc) is 2.68. The van der Waals surface area contributed by atoms with Crippen molar-refractivity contribution in [2.45, 2.75) is 52.2 Å². The number of hydrogen-bond donors (Lipinski definition) is 1. The van der Waals surface area contributed by atoms with Gasteiger partial charge in [0, 0.05) is 6.54 Å². The highest BCUT2D eigenvalue weighted by Crippen LogP contribution is 2.22. The predicted octanol–water partition coefficient (Wildman–Crippen LogP) is 3.77. The first kappa shape index (κ1) is 23.7. The molecule has 1 atom stereocenters. The zero-order valence-electron chi connectivity index (χ0n) is 18.2. The van der Waals surface area contributed by atoms with Crippen molar-refractivity contribution in [2.75, 3.05) is 17.1 Å². The summed E-state index contributed by atoms with van der Waals surface area (Å²) in [6.45, 7) is 6.26. The number of nitrogens with one attached hydrogen (secondary N) is 1. The molecule has 7 heteroatoms. The third-order valence-corrected chi connectivity index (χ3v) is 5.73. The molecule has 0 aromatic heterocycles. The van der Waals surface area contributed by atoms with Gasteiger partial charge in [-0.25, -0.2) is 8.42 Å². The minimum Gasteiger partial charge on any atom is -0.491 e. The van der Waals surface area contributed by atoms with Crippen molar-refractivity contribution in [1.29, 1.82) is 0 Å². The molecule has 164 valence electrons. The van der Waals surface area contributed by atoms with Gasteiger partial charge in [-0.15, -0.1) is 0 Å². The van der Waals surface area contributed by atoms with E-state index in [0.717, 1.165) is 30.4 Å². The van der Waals surface area contributed by atoms with Crippen molar-refractivity contribution in [3.05, 3.63) is 60.2 Å². The third kappa shape index (κ3) is 7.06.